The largest absolute Gasteiger partial charge is 0.481 e. The number of carbonyl (C=O) groups excluding carboxylic acids is 1. The van der Waals surface area contributed by atoms with Gasteiger partial charge in [-0.25, -0.2) is 9.37 Å². The number of ketones is 1. The van der Waals surface area contributed by atoms with E-state index in [0.717, 1.165) is 19.3 Å². The normalized spacial score (nSPS) is 14.1. The summed E-state index contributed by atoms with van der Waals surface area (Å²) in [6, 6.07) is 2.86. The van der Waals surface area contributed by atoms with Gasteiger partial charge in [0.1, 0.15) is 17.1 Å². The summed E-state index contributed by atoms with van der Waals surface area (Å²) in [7, 11) is 0. The molecule has 0 aliphatic heterocycles. The summed E-state index contributed by atoms with van der Waals surface area (Å²) in [5, 5.41) is 9.10. The highest BCUT2D eigenvalue weighted by Crippen LogP contribution is 2.37. The number of fused-ring (bicyclic) bond motifs is 1. The van der Waals surface area contributed by atoms with Crippen molar-refractivity contribution in [2.24, 2.45) is 0 Å². The molecule has 0 atom stereocenters. The zero-order chi connectivity index (χ0) is 24.7. The van der Waals surface area contributed by atoms with Crippen LogP contribution in [0, 0.1) is 12.7 Å². The third-order valence-corrected chi connectivity index (χ3v) is 4.79. The van der Waals surface area contributed by atoms with Crippen LogP contribution in [0.25, 0.3) is 11.0 Å². The summed E-state index contributed by atoms with van der Waals surface area (Å²) in [4.78, 5) is 14.9. The molecule has 0 bridgehead atoms. The summed E-state index contributed by atoms with van der Waals surface area (Å²) < 4.78 is 57.4. The summed E-state index contributed by atoms with van der Waals surface area (Å²) >= 11 is 0. The van der Waals surface area contributed by atoms with Gasteiger partial charge < -0.3 is 14.4 Å². The van der Waals surface area contributed by atoms with Crippen molar-refractivity contribution in [3.63, 3.8) is 0 Å². The number of rotatable bonds is 6. The topological polar surface area (TPSA) is 64.3 Å². The van der Waals surface area contributed by atoms with Gasteiger partial charge in [0.15, 0.2) is 18.2 Å². The lowest BCUT2D eigenvalue weighted by atomic mass is 9.92. The molecule has 1 N–H and O–H groups in total. The van der Waals surface area contributed by atoms with Gasteiger partial charge in [0.25, 0.3) is 0 Å². The molecule has 9 heteroatoms. The Morgan fingerprint density at radius 3 is 2.25 bits per heavy atom. The van der Waals surface area contributed by atoms with Crippen LogP contribution in [-0.4, -0.2) is 38.8 Å². The molecule has 1 aromatic heterocycles. The number of aryl methyl sites for hydroxylation is 1. The molecule has 0 saturated heterocycles. The summed E-state index contributed by atoms with van der Waals surface area (Å²) in [6.07, 6.45) is -0.784. The third kappa shape index (κ3) is 8.07. The predicted molar refractivity (Wildman–Crippen MR) is 116 cm³/mol. The maximum absolute atomic E-state index is 14.5. The van der Waals surface area contributed by atoms with E-state index in [1.54, 1.807) is 32.3 Å². The van der Waals surface area contributed by atoms with E-state index in [1.807, 2.05) is 13.8 Å². The summed E-state index contributed by atoms with van der Waals surface area (Å²) in [6.45, 7) is 9.34. The zero-order valence-electron chi connectivity index (χ0n) is 19.6. The molecule has 1 fully saturated rings. The van der Waals surface area contributed by atoms with Crippen LogP contribution in [-0.2, 0) is 4.79 Å². The minimum Gasteiger partial charge on any atom is -0.481 e. The van der Waals surface area contributed by atoms with Gasteiger partial charge in [-0.05, 0) is 52.2 Å². The second kappa shape index (κ2) is 11.6. The molecule has 1 aliphatic carbocycles. The average molecular weight is 463 g/mol. The van der Waals surface area contributed by atoms with Crippen molar-refractivity contribution in [1.29, 1.82) is 0 Å². The van der Waals surface area contributed by atoms with Gasteiger partial charge in [0.2, 0.25) is 0 Å². The Kier molecular flexibility index (Phi) is 10.1. The Morgan fingerprint density at radius 1 is 1.25 bits per heavy atom. The van der Waals surface area contributed by atoms with E-state index in [2.05, 4.69) is 9.72 Å². The quantitative estimate of drug-likeness (QED) is 0.512. The number of aliphatic hydroxyl groups is 1. The van der Waals surface area contributed by atoms with Crippen molar-refractivity contribution in [1.82, 2.24) is 9.55 Å². The zero-order valence-corrected chi connectivity index (χ0v) is 19.6. The summed E-state index contributed by atoms with van der Waals surface area (Å²) in [5.41, 5.74) is -0.152. The number of Topliss-reactive ketones (excluding diaryl/α,β-unsaturated/α-hetero) is 1. The number of benzene rings is 1. The van der Waals surface area contributed by atoms with E-state index in [1.165, 1.54) is 12.1 Å². The van der Waals surface area contributed by atoms with Gasteiger partial charge in [0.05, 0.1) is 11.1 Å². The fourth-order valence-corrected chi connectivity index (χ4v) is 3.22. The lowest BCUT2D eigenvalue weighted by molar-refractivity contribution is -0.153. The average Bonchev–Trinajstić information content (AvgIpc) is 2.97. The van der Waals surface area contributed by atoms with Gasteiger partial charge in [0, 0.05) is 18.9 Å². The predicted octanol–water partition coefficient (Wildman–Crippen LogP) is 6.30. The number of nitrogens with zero attached hydrogens (tertiary/aromatic N) is 2. The van der Waals surface area contributed by atoms with E-state index in [0.29, 0.717) is 17.8 Å². The highest BCUT2D eigenvalue weighted by atomic mass is 19.4. The monoisotopic (exact) mass is 462 g/mol. The van der Waals surface area contributed by atoms with Crippen molar-refractivity contribution >= 4 is 16.8 Å². The smallest absolute Gasteiger partial charge is 0.422 e. The number of hydrogen-bond acceptors (Lipinski definition) is 4. The maximum Gasteiger partial charge on any atom is 0.422 e. The molecule has 182 valence electrons. The molecule has 0 radical (unpaired) electrons. The Morgan fingerprint density at radius 2 is 1.84 bits per heavy atom. The van der Waals surface area contributed by atoms with Gasteiger partial charge in [-0.15, -0.1) is 0 Å². The van der Waals surface area contributed by atoms with Crippen LogP contribution in [0.15, 0.2) is 12.1 Å². The van der Waals surface area contributed by atoms with Crippen LogP contribution in [0.5, 0.6) is 5.75 Å². The van der Waals surface area contributed by atoms with Gasteiger partial charge >= 0.3 is 6.18 Å². The molecule has 0 unspecified atom stereocenters. The molecule has 0 amide bonds. The molecule has 1 aliphatic rings. The molecular weight excluding hydrogens is 428 g/mol. The maximum atomic E-state index is 14.5. The van der Waals surface area contributed by atoms with E-state index >= 15 is 0 Å². The second-order valence-electron chi connectivity index (χ2n) is 8.14. The third-order valence-electron chi connectivity index (χ3n) is 4.79. The van der Waals surface area contributed by atoms with Crippen molar-refractivity contribution < 1.29 is 32.2 Å². The second-order valence-corrected chi connectivity index (χ2v) is 8.14. The Balaban J connectivity index is 0.000000396. The number of aromatic nitrogens is 2. The molecule has 3 rings (SSSR count). The summed E-state index contributed by atoms with van der Waals surface area (Å²) in [5.74, 6) is -0.381. The molecular formula is C23H34F4N2O3. The van der Waals surface area contributed by atoms with Crippen LogP contribution >= 0.6 is 0 Å². The van der Waals surface area contributed by atoms with Crippen LogP contribution in [0.1, 0.15) is 78.6 Å². The van der Waals surface area contributed by atoms with Crippen molar-refractivity contribution in [2.75, 3.05) is 6.61 Å². The standard InChI is InChI=1S/C14H14F4N2O.C7H14O2.C2H6/c1-8-19-10-5-6-11(21-7-14(16,17)18)12(15)13(10)20(8)9-3-2-4-9;1-4-6(8)5-7(2,3)9;1-2/h5-6,9H,2-4,7H2,1H3;9H,4-5H2,1-3H3;1-2H3. The molecule has 1 heterocycles. The van der Waals surface area contributed by atoms with Crippen LogP contribution < -0.4 is 4.74 Å². The van der Waals surface area contributed by atoms with Crippen LogP contribution in [0.3, 0.4) is 0 Å². The SMILES string of the molecule is CC.CCC(=O)CC(C)(C)O.Cc1nc2ccc(OCC(F)(F)F)c(F)c2n1C1CCC1. The highest BCUT2D eigenvalue weighted by molar-refractivity contribution is 5.79. The minimum atomic E-state index is -4.49. The van der Waals surface area contributed by atoms with Gasteiger partial charge in [-0.2, -0.15) is 13.2 Å². The Bertz CT molecular complexity index is 882. The van der Waals surface area contributed by atoms with Crippen LogP contribution in [0.4, 0.5) is 17.6 Å². The molecule has 32 heavy (non-hydrogen) atoms. The molecule has 2 aromatic rings. The lowest BCUT2D eigenvalue weighted by Crippen LogP contribution is -2.22. The minimum absolute atomic E-state index is 0.113. The number of ether oxygens (including phenoxy) is 1. The fraction of sp³-hybridized carbons (Fsp3) is 0.652. The Labute approximate surface area is 186 Å². The Hall–Kier alpha value is -2.16. The van der Waals surface area contributed by atoms with E-state index in [-0.39, 0.29) is 29.5 Å². The fourth-order valence-electron chi connectivity index (χ4n) is 3.22. The molecule has 1 saturated carbocycles. The highest BCUT2D eigenvalue weighted by Gasteiger charge is 2.30. The number of imidazole rings is 1. The van der Waals surface area contributed by atoms with E-state index in [4.69, 9.17) is 5.11 Å². The number of hydrogen-bond donors (Lipinski definition) is 1. The van der Waals surface area contributed by atoms with Gasteiger partial charge in [-0.3, -0.25) is 4.79 Å². The first-order valence-corrected chi connectivity index (χ1v) is 10.9. The molecule has 1 aromatic carbocycles. The first-order valence-electron chi connectivity index (χ1n) is 10.9. The van der Waals surface area contributed by atoms with E-state index in [9.17, 15) is 22.4 Å². The van der Waals surface area contributed by atoms with E-state index < -0.39 is 24.2 Å². The first-order chi connectivity index (χ1) is 14.8. The van der Waals surface area contributed by atoms with Crippen molar-refractivity contribution in [3.05, 3.63) is 23.8 Å². The van der Waals surface area contributed by atoms with Crippen molar-refractivity contribution in [3.8, 4) is 5.75 Å². The van der Waals surface area contributed by atoms with Crippen molar-refractivity contribution in [2.45, 2.75) is 91.5 Å². The number of halogens is 4. The number of carbonyl (C=O) groups is 1. The first kappa shape index (κ1) is 27.9. The lowest BCUT2D eigenvalue weighted by Gasteiger charge is -2.28. The molecule has 0 spiro atoms. The molecule has 5 nitrogen and oxygen atoms in total. The van der Waals surface area contributed by atoms with Crippen LogP contribution in [0.2, 0.25) is 0 Å². The van der Waals surface area contributed by atoms with Gasteiger partial charge in [-0.1, -0.05) is 20.8 Å². The number of alkyl halides is 3.